The summed E-state index contributed by atoms with van der Waals surface area (Å²) in [5.41, 5.74) is -1.05. The van der Waals surface area contributed by atoms with Crippen LogP contribution in [0.1, 0.15) is 17.5 Å². The van der Waals surface area contributed by atoms with Crippen molar-refractivity contribution in [2.75, 3.05) is 13.6 Å². The Morgan fingerprint density at radius 1 is 1.32 bits per heavy atom. The molecule has 2 N–H and O–H groups in total. The average molecular weight is 278 g/mol. The van der Waals surface area contributed by atoms with Gasteiger partial charge in [0.15, 0.2) is 0 Å². The Hall–Kier alpha value is -1.63. The van der Waals surface area contributed by atoms with Crippen molar-refractivity contribution in [3.8, 4) is 0 Å². The Bertz CT molecular complexity index is 446. The van der Waals surface area contributed by atoms with Gasteiger partial charge in [0.1, 0.15) is 5.82 Å². The first-order chi connectivity index (χ1) is 8.84. The number of hydrogen-bond acceptors (Lipinski definition) is 2. The molecule has 0 saturated heterocycles. The van der Waals surface area contributed by atoms with E-state index < -0.39 is 17.6 Å². The van der Waals surface area contributed by atoms with E-state index in [2.05, 4.69) is 10.6 Å². The molecular formula is C12H14F4N2O. The topological polar surface area (TPSA) is 41.1 Å². The Morgan fingerprint density at radius 2 is 2.00 bits per heavy atom. The minimum absolute atomic E-state index is 0.0502. The zero-order chi connectivity index (χ0) is 14.5. The highest BCUT2D eigenvalue weighted by Gasteiger charge is 2.33. The third-order valence-corrected chi connectivity index (χ3v) is 2.50. The molecule has 0 atom stereocenters. The lowest BCUT2D eigenvalue weighted by Crippen LogP contribution is -2.25. The summed E-state index contributed by atoms with van der Waals surface area (Å²) in [5.74, 6) is -1.14. The minimum Gasteiger partial charge on any atom is -0.359 e. The van der Waals surface area contributed by atoms with Crippen LogP contribution in [0.2, 0.25) is 0 Å². The normalized spacial score (nSPS) is 11.4. The smallest absolute Gasteiger partial charge is 0.359 e. The fraction of sp³-hybridized carbons (Fsp3) is 0.417. The number of hydrogen-bond donors (Lipinski definition) is 2. The number of amides is 1. The molecule has 0 radical (unpaired) electrons. The van der Waals surface area contributed by atoms with Gasteiger partial charge in [0.05, 0.1) is 5.56 Å². The van der Waals surface area contributed by atoms with Gasteiger partial charge in [-0.3, -0.25) is 4.79 Å². The lowest BCUT2D eigenvalue weighted by molar-refractivity contribution is -0.138. The lowest BCUT2D eigenvalue weighted by atomic mass is 10.1. The van der Waals surface area contributed by atoms with Crippen LogP contribution in [0.15, 0.2) is 18.2 Å². The average Bonchev–Trinajstić information content (AvgIpc) is 2.34. The van der Waals surface area contributed by atoms with Crippen molar-refractivity contribution in [2.24, 2.45) is 0 Å². The Morgan fingerprint density at radius 3 is 2.58 bits per heavy atom. The van der Waals surface area contributed by atoms with Crippen molar-refractivity contribution in [1.82, 2.24) is 10.6 Å². The number of carbonyl (C=O) groups is 1. The van der Waals surface area contributed by atoms with Crippen LogP contribution < -0.4 is 10.6 Å². The predicted molar refractivity (Wildman–Crippen MR) is 61.8 cm³/mol. The van der Waals surface area contributed by atoms with Gasteiger partial charge < -0.3 is 10.6 Å². The highest BCUT2D eigenvalue weighted by Crippen LogP contribution is 2.32. The maximum atomic E-state index is 12.8. The maximum absolute atomic E-state index is 12.8. The molecule has 0 spiro atoms. The second-order valence-electron chi connectivity index (χ2n) is 3.90. The second-order valence-corrected chi connectivity index (χ2v) is 3.90. The molecular weight excluding hydrogens is 264 g/mol. The molecule has 1 rings (SSSR count). The van der Waals surface area contributed by atoms with Crippen LogP contribution in [0, 0.1) is 5.82 Å². The first kappa shape index (κ1) is 15.4. The predicted octanol–water partition coefficient (Wildman–Crippen LogP) is 2.07. The molecule has 1 aromatic rings. The second kappa shape index (κ2) is 6.51. The molecule has 0 heterocycles. The molecule has 0 bridgehead atoms. The van der Waals surface area contributed by atoms with Gasteiger partial charge in [-0.1, -0.05) is 6.07 Å². The van der Waals surface area contributed by atoms with Crippen LogP contribution in [0.3, 0.4) is 0 Å². The summed E-state index contributed by atoms with van der Waals surface area (Å²) in [7, 11) is 1.48. The number of nitrogens with one attached hydrogen (secondary N) is 2. The third kappa shape index (κ3) is 4.86. The quantitative estimate of drug-likeness (QED) is 0.639. The summed E-state index contributed by atoms with van der Waals surface area (Å²) in [6.07, 6.45) is -4.43. The van der Waals surface area contributed by atoms with E-state index in [9.17, 15) is 22.4 Å². The van der Waals surface area contributed by atoms with Gasteiger partial charge >= 0.3 is 6.18 Å². The van der Waals surface area contributed by atoms with Crippen molar-refractivity contribution in [3.05, 3.63) is 35.1 Å². The summed E-state index contributed by atoms with van der Waals surface area (Å²) in [6.45, 7) is 0.167. The molecule has 0 aliphatic heterocycles. The largest absolute Gasteiger partial charge is 0.416 e. The van der Waals surface area contributed by atoms with E-state index in [-0.39, 0.29) is 31.0 Å². The molecule has 106 valence electrons. The molecule has 0 fully saturated rings. The molecule has 0 unspecified atom stereocenters. The molecule has 7 heteroatoms. The Labute approximate surface area is 108 Å². The van der Waals surface area contributed by atoms with E-state index in [1.54, 1.807) is 0 Å². The van der Waals surface area contributed by atoms with Gasteiger partial charge in [-0.2, -0.15) is 13.2 Å². The van der Waals surface area contributed by atoms with Gasteiger partial charge in [0, 0.05) is 26.6 Å². The van der Waals surface area contributed by atoms with E-state index >= 15 is 0 Å². The van der Waals surface area contributed by atoms with E-state index in [4.69, 9.17) is 0 Å². The number of rotatable bonds is 5. The van der Waals surface area contributed by atoms with Gasteiger partial charge in [-0.05, 0) is 17.7 Å². The van der Waals surface area contributed by atoms with E-state index in [1.165, 1.54) is 7.05 Å². The number of alkyl halides is 3. The van der Waals surface area contributed by atoms with Crippen molar-refractivity contribution >= 4 is 5.91 Å². The van der Waals surface area contributed by atoms with Crippen LogP contribution in [0.25, 0.3) is 0 Å². The summed E-state index contributed by atoms with van der Waals surface area (Å²) < 4.78 is 50.8. The van der Waals surface area contributed by atoms with Gasteiger partial charge in [-0.25, -0.2) is 4.39 Å². The fourth-order valence-corrected chi connectivity index (χ4v) is 1.52. The zero-order valence-corrected chi connectivity index (χ0v) is 10.3. The van der Waals surface area contributed by atoms with Crippen molar-refractivity contribution in [3.63, 3.8) is 0 Å². The summed E-state index contributed by atoms with van der Waals surface area (Å²) in [5, 5.41) is 5.11. The van der Waals surface area contributed by atoms with Gasteiger partial charge in [0.2, 0.25) is 5.91 Å². The number of benzene rings is 1. The molecule has 3 nitrogen and oxygen atoms in total. The van der Waals surface area contributed by atoms with Crippen molar-refractivity contribution in [2.45, 2.75) is 19.1 Å². The van der Waals surface area contributed by atoms with Crippen molar-refractivity contribution < 1.29 is 22.4 Å². The van der Waals surface area contributed by atoms with Crippen LogP contribution in [-0.4, -0.2) is 19.5 Å². The fourth-order valence-electron chi connectivity index (χ4n) is 1.52. The Balaban J connectivity index is 2.66. The molecule has 0 aromatic heterocycles. The van der Waals surface area contributed by atoms with E-state index in [1.807, 2.05) is 0 Å². The highest BCUT2D eigenvalue weighted by atomic mass is 19.4. The molecule has 0 aliphatic carbocycles. The summed E-state index contributed by atoms with van der Waals surface area (Å²) >= 11 is 0. The third-order valence-electron chi connectivity index (χ3n) is 2.50. The molecule has 19 heavy (non-hydrogen) atoms. The number of halogens is 4. The van der Waals surface area contributed by atoms with Gasteiger partial charge in [-0.15, -0.1) is 0 Å². The SMILES string of the molecule is CNC(=O)CCNCc1ccc(F)cc1C(F)(F)F. The van der Waals surface area contributed by atoms with Crippen LogP contribution in [-0.2, 0) is 17.5 Å². The standard InChI is InChI=1S/C12H14F4N2O/c1-17-11(19)4-5-18-7-8-2-3-9(13)6-10(8)12(14,15)16/h2-3,6,18H,4-5,7H2,1H3,(H,17,19). The van der Waals surface area contributed by atoms with Crippen LogP contribution >= 0.6 is 0 Å². The van der Waals surface area contributed by atoms with Crippen LogP contribution in [0.5, 0.6) is 0 Å². The summed E-state index contributed by atoms with van der Waals surface area (Å²) in [4.78, 5) is 10.9. The Kier molecular flexibility index (Phi) is 5.29. The first-order valence-electron chi connectivity index (χ1n) is 5.61. The monoisotopic (exact) mass is 278 g/mol. The summed E-state index contributed by atoms with van der Waals surface area (Å²) in [6, 6.07) is 2.53. The van der Waals surface area contributed by atoms with Gasteiger partial charge in [0.25, 0.3) is 0 Å². The first-order valence-corrected chi connectivity index (χ1v) is 5.61. The van der Waals surface area contributed by atoms with Crippen molar-refractivity contribution in [1.29, 1.82) is 0 Å². The maximum Gasteiger partial charge on any atom is 0.416 e. The molecule has 0 saturated carbocycles. The lowest BCUT2D eigenvalue weighted by Gasteiger charge is -2.13. The van der Waals surface area contributed by atoms with Crippen LogP contribution in [0.4, 0.5) is 17.6 Å². The zero-order valence-electron chi connectivity index (χ0n) is 10.3. The molecule has 0 aliphatic rings. The molecule has 1 amide bonds. The number of carbonyl (C=O) groups excluding carboxylic acids is 1. The van der Waals surface area contributed by atoms with E-state index in [0.717, 1.165) is 12.1 Å². The minimum atomic E-state index is -4.60. The highest BCUT2D eigenvalue weighted by molar-refractivity contribution is 5.75. The van der Waals surface area contributed by atoms with E-state index in [0.29, 0.717) is 6.07 Å². The molecule has 1 aromatic carbocycles.